The molecule has 1 atom stereocenters. The smallest absolute Gasteiger partial charge is 0.251 e. The molecule has 1 unspecified atom stereocenters. The Labute approximate surface area is 138 Å². The number of carbonyl (C=O) groups is 1. The summed E-state index contributed by atoms with van der Waals surface area (Å²) in [5.74, 6) is -0.152. The van der Waals surface area contributed by atoms with Crippen LogP contribution in [0.15, 0.2) is 54.9 Å². The van der Waals surface area contributed by atoms with Gasteiger partial charge in [0.25, 0.3) is 5.91 Å². The number of nitrogens with one attached hydrogen (secondary N) is 1. The van der Waals surface area contributed by atoms with Crippen LogP contribution in [-0.4, -0.2) is 26.1 Å². The summed E-state index contributed by atoms with van der Waals surface area (Å²) >= 11 is 5.98. The molecular formula is C16H14ClN5O. The number of nitrogens with zero attached hydrogens (tertiary/aromatic N) is 4. The summed E-state index contributed by atoms with van der Waals surface area (Å²) in [6.07, 6.45) is 1.50. The van der Waals surface area contributed by atoms with Crippen LogP contribution in [0.4, 0.5) is 0 Å². The number of carbonyl (C=O) groups excluding carboxylic acids is 1. The van der Waals surface area contributed by atoms with Crippen LogP contribution in [0.3, 0.4) is 0 Å². The maximum absolute atomic E-state index is 12.3. The molecule has 1 heterocycles. The van der Waals surface area contributed by atoms with Gasteiger partial charge in [-0.05, 0) is 59.3 Å². The van der Waals surface area contributed by atoms with E-state index in [1.165, 1.54) is 11.0 Å². The monoisotopic (exact) mass is 327 g/mol. The van der Waals surface area contributed by atoms with Gasteiger partial charge in [0, 0.05) is 10.6 Å². The standard InChI is InChI=1S/C16H14ClN5O/c1-11(13-3-2-4-14(17)9-13)19-16(23)12-5-7-15(8-6-12)22-10-18-20-21-22/h2-11H,1H3,(H,19,23). The molecular weight excluding hydrogens is 314 g/mol. The van der Waals surface area contributed by atoms with Crippen molar-refractivity contribution in [2.24, 2.45) is 0 Å². The lowest BCUT2D eigenvalue weighted by atomic mass is 10.1. The second-order valence-electron chi connectivity index (χ2n) is 5.05. The van der Waals surface area contributed by atoms with Crippen LogP contribution in [0.5, 0.6) is 0 Å². The molecule has 23 heavy (non-hydrogen) atoms. The molecule has 6 nitrogen and oxygen atoms in total. The Bertz CT molecular complexity index is 802. The quantitative estimate of drug-likeness (QED) is 0.799. The maximum Gasteiger partial charge on any atom is 0.251 e. The van der Waals surface area contributed by atoms with Gasteiger partial charge in [0.1, 0.15) is 6.33 Å². The Balaban J connectivity index is 1.71. The van der Waals surface area contributed by atoms with Gasteiger partial charge in [0.2, 0.25) is 0 Å². The fraction of sp³-hybridized carbons (Fsp3) is 0.125. The molecule has 116 valence electrons. The number of aromatic nitrogens is 4. The van der Waals surface area contributed by atoms with E-state index in [0.29, 0.717) is 10.6 Å². The molecule has 7 heteroatoms. The number of tetrazole rings is 1. The molecule has 0 aliphatic carbocycles. The van der Waals surface area contributed by atoms with Crippen molar-refractivity contribution in [2.45, 2.75) is 13.0 Å². The highest BCUT2D eigenvalue weighted by Crippen LogP contribution is 2.18. The molecule has 1 aromatic heterocycles. The van der Waals surface area contributed by atoms with Crippen molar-refractivity contribution in [2.75, 3.05) is 0 Å². The summed E-state index contributed by atoms with van der Waals surface area (Å²) in [4.78, 5) is 12.3. The van der Waals surface area contributed by atoms with E-state index in [9.17, 15) is 4.79 Å². The number of benzene rings is 2. The highest BCUT2D eigenvalue weighted by atomic mass is 35.5. The van der Waals surface area contributed by atoms with E-state index in [1.54, 1.807) is 30.3 Å². The van der Waals surface area contributed by atoms with Crippen LogP contribution in [0, 0.1) is 0 Å². The number of amides is 1. The summed E-state index contributed by atoms with van der Waals surface area (Å²) in [6, 6.07) is 14.3. The minimum absolute atomic E-state index is 0.139. The highest BCUT2D eigenvalue weighted by Gasteiger charge is 2.12. The first kappa shape index (κ1) is 15.2. The van der Waals surface area contributed by atoms with E-state index in [0.717, 1.165) is 11.3 Å². The average Bonchev–Trinajstić information content (AvgIpc) is 3.09. The van der Waals surface area contributed by atoms with Gasteiger partial charge in [-0.1, -0.05) is 23.7 Å². The van der Waals surface area contributed by atoms with Gasteiger partial charge >= 0.3 is 0 Å². The number of hydrogen-bond acceptors (Lipinski definition) is 4. The van der Waals surface area contributed by atoms with Gasteiger partial charge in [-0.2, -0.15) is 0 Å². The number of halogens is 1. The fourth-order valence-electron chi connectivity index (χ4n) is 2.18. The minimum atomic E-state index is -0.152. The van der Waals surface area contributed by atoms with Gasteiger partial charge in [0.15, 0.2) is 0 Å². The Morgan fingerprint density at radius 1 is 1.22 bits per heavy atom. The largest absolute Gasteiger partial charge is 0.346 e. The van der Waals surface area contributed by atoms with Crippen molar-refractivity contribution in [3.05, 3.63) is 71.0 Å². The molecule has 0 bridgehead atoms. The molecule has 0 fully saturated rings. The second kappa shape index (κ2) is 6.58. The predicted octanol–water partition coefficient (Wildman–Crippen LogP) is 2.81. The molecule has 0 spiro atoms. The number of rotatable bonds is 4. The first-order chi connectivity index (χ1) is 11.1. The van der Waals surface area contributed by atoms with Crippen molar-refractivity contribution in [1.29, 1.82) is 0 Å². The zero-order chi connectivity index (χ0) is 16.2. The molecule has 3 aromatic rings. The van der Waals surface area contributed by atoms with Crippen molar-refractivity contribution in [3.63, 3.8) is 0 Å². The Morgan fingerprint density at radius 3 is 2.65 bits per heavy atom. The molecule has 0 aliphatic rings. The molecule has 0 saturated carbocycles. The summed E-state index contributed by atoms with van der Waals surface area (Å²) in [5, 5.41) is 14.6. The average molecular weight is 328 g/mol. The third-order valence-electron chi connectivity index (χ3n) is 3.44. The van der Waals surface area contributed by atoms with Gasteiger partial charge in [0.05, 0.1) is 11.7 Å². The lowest BCUT2D eigenvalue weighted by Gasteiger charge is -2.14. The van der Waals surface area contributed by atoms with Crippen LogP contribution in [0.25, 0.3) is 5.69 Å². The minimum Gasteiger partial charge on any atom is -0.346 e. The van der Waals surface area contributed by atoms with Crippen LogP contribution < -0.4 is 5.32 Å². The van der Waals surface area contributed by atoms with Crippen LogP contribution >= 0.6 is 11.6 Å². The summed E-state index contributed by atoms with van der Waals surface area (Å²) in [6.45, 7) is 1.92. The maximum atomic E-state index is 12.3. The molecule has 0 radical (unpaired) electrons. The molecule has 3 rings (SSSR count). The van der Waals surface area contributed by atoms with Gasteiger partial charge in [-0.25, -0.2) is 4.68 Å². The third-order valence-corrected chi connectivity index (χ3v) is 3.67. The lowest BCUT2D eigenvalue weighted by molar-refractivity contribution is 0.0940. The molecule has 0 saturated heterocycles. The van der Waals surface area contributed by atoms with E-state index < -0.39 is 0 Å². The second-order valence-corrected chi connectivity index (χ2v) is 5.49. The summed E-state index contributed by atoms with van der Waals surface area (Å²) in [7, 11) is 0. The summed E-state index contributed by atoms with van der Waals surface area (Å²) < 4.78 is 1.52. The van der Waals surface area contributed by atoms with Crippen LogP contribution in [0.2, 0.25) is 5.02 Å². The zero-order valence-corrected chi connectivity index (χ0v) is 13.1. The van der Waals surface area contributed by atoms with E-state index in [4.69, 9.17) is 11.6 Å². The molecule has 0 aliphatic heterocycles. The lowest BCUT2D eigenvalue weighted by Crippen LogP contribution is -2.26. The van der Waals surface area contributed by atoms with E-state index >= 15 is 0 Å². The fourth-order valence-corrected chi connectivity index (χ4v) is 2.38. The first-order valence-electron chi connectivity index (χ1n) is 7.03. The van der Waals surface area contributed by atoms with E-state index in [-0.39, 0.29) is 11.9 Å². The number of hydrogen-bond donors (Lipinski definition) is 1. The third kappa shape index (κ3) is 3.54. The zero-order valence-electron chi connectivity index (χ0n) is 12.3. The van der Waals surface area contributed by atoms with Crippen molar-refractivity contribution >= 4 is 17.5 Å². The topological polar surface area (TPSA) is 72.7 Å². The van der Waals surface area contributed by atoms with Gasteiger partial charge in [-0.15, -0.1) is 5.10 Å². The molecule has 1 amide bonds. The van der Waals surface area contributed by atoms with Crippen molar-refractivity contribution < 1.29 is 4.79 Å². The van der Waals surface area contributed by atoms with Crippen LogP contribution in [-0.2, 0) is 0 Å². The Hall–Kier alpha value is -2.73. The van der Waals surface area contributed by atoms with E-state index in [2.05, 4.69) is 20.8 Å². The Morgan fingerprint density at radius 2 is 2.00 bits per heavy atom. The molecule has 1 N–H and O–H groups in total. The van der Waals surface area contributed by atoms with Crippen LogP contribution in [0.1, 0.15) is 28.9 Å². The normalized spacial score (nSPS) is 11.9. The van der Waals surface area contributed by atoms with Gasteiger partial charge in [-0.3, -0.25) is 4.79 Å². The highest BCUT2D eigenvalue weighted by molar-refractivity contribution is 6.30. The first-order valence-corrected chi connectivity index (χ1v) is 7.41. The predicted molar refractivity (Wildman–Crippen MR) is 86.5 cm³/mol. The van der Waals surface area contributed by atoms with E-state index in [1.807, 2.05) is 25.1 Å². The Kier molecular flexibility index (Phi) is 4.34. The SMILES string of the molecule is CC(NC(=O)c1ccc(-n2cnnn2)cc1)c1cccc(Cl)c1. The van der Waals surface area contributed by atoms with Crippen molar-refractivity contribution in [1.82, 2.24) is 25.5 Å². The summed E-state index contributed by atoms with van der Waals surface area (Å²) in [5.41, 5.74) is 2.31. The molecule has 2 aromatic carbocycles. The van der Waals surface area contributed by atoms with Gasteiger partial charge < -0.3 is 5.32 Å². The van der Waals surface area contributed by atoms with Crippen molar-refractivity contribution in [3.8, 4) is 5.69 Å².